The van der Waals surface area contributed by atoms with E-state index in [0.717, 1.165) is 11.1 Å². The Labute approximate surface area is 148 Å². The van der Waals surface area contributed by atoms with Gasteiger partial charge in [0.1, 0.15) is 0 Å². The standard InChI is InChI=1S/C21H23NO3/c1-16(2)19-11-8-17(9-12-19)10-13-21(24)25-15-20(23)22-14-18-6-4-3-5-7-18/h3-13,16H,14-15H2,1-2H3,(H,22,23)/b13-10+. The van der Waals surface area contributed by atoms with Crippen LogP contribution >= 0.6 is 0 Å². The summed E-state index contributed by atoms with van der Waals surface area (Å²) in [5.74, 6) is -0.396. The van der Waals surface area contributed by atoms with E-state index in [2.05, 4.69) is 19.2 Å². The summed E-state index contributed by atoms with van der Waals surface area (Å²) in [6, 6.07) is 17.5. The Bertz CT molecular complexity index is 719. The fourth-order valence-corrected chi connectivity index (χ4v) is 2.19. The lowest BCUT2D eigenvalue weighted by atomic mass is 10.0. The minimum absolute atomic E-state index is 0.289. The first-order valence-electron chi connectivity index (χ1n) is 8.30. The molecule has 0 atom stereocenters. The Kier molecular flexibility index (Phi) is 6.96. The molecule has 0 heterocycles. The van der Waals surface area contributed by atoms with Gasteiger partial charge in [-0.15, -0.1) is 0 Å². The molecule has 0 radical (unpaired) electrons. The third kappa shape index (κ3) is 6.63. The van der Waals surface area contributed by atoms with Gasteiger partial charge in [-0.1, -0.05) is 68.4 Å². The van der Waals surface area contributed by atoms with Crippen LogP contribution < -0.4 is 5.32 Å². The van der Waals surface area contributed by atoms with E-state index in [4.69, 9.17) is 4.74 Å². The second-order valence-corrected chi connectivity index (χ2v) is 6.02. The van der Waals surface area contributed by atoms with E-state index in [1.807, 2.05) is 54.6 Å². The molecule has 0 spiro atoms. The summed E-state index contributed by atoms with van der Waals surface area (Å²) in [5, 5.41) is 2.70. The van der Waals surface area contributed by atoms with Crippen LogP contribution in [0.25, 0.3) is 6.08 Å². The van der Waals surface area contributed by atoms with Crippen molar-refractivity contribution in [2.45, 2.75) is 26.3 Å². The van der Waals surface area contributed by atoms with Crippen LogP contribution in [0.1, 0.15) is 36.5 Å². The van der Waals surface area contributed by atoms with Crippen molar-refractivity contribution in [3.05, 3.63) is 77.4 Å². The number of carbonyl (C=O) groups is 2. The molecule has 0 bridgehead atoms. The van der Waals surface area contributed by atoms with E-state index in [0.29, 0.717) is 12.5 Å². The molecule has 0 aliphatic heterocycles. The van der Waals surface area contributed by atoms with E-state index in [-0.39, 0.29) is 12.5 Å². The topological polar surface area (TPSA) is 55.4 Å². The number of hydrogen-bond acceptors (Lipinski definition) is 3. The monoisotopic (exact) mass is 337 g/mol. The van der Waals surface area contributed by atoms with E-state index in [9.17, 15) is 9.59 Å². The van der Waals surface area contributed by atoms with Crippen LogP contribution in [0.3, 0.4) is 0 Å². The Morgan fingerprint density at radius 2 is 1.72 bits per heavy atom. The molecule has 0 aromatic heterocycles. The fraction of sp³-hybridized carbons (Fsp3) is 0.238. The Balaban J connectivity index is 1.73. The molecule has 0 unspecified atom stereocenters. The van der Waals surface area contributed by atoms with E-state index in [1.165, 1.54) is 11.6 Å². The third-order valence-electron chi connectivity index (χ3n) is 3.69. The summed E-state index contributed by atoms with van der Waals surface area (Å²) in [7, 11) is 0. The highest BCUT2D eigenvalue weighted by atomic mass is 16.5. The number of benzene rings is 2. The van der Waals surface area contributed by atoms with Crippen LogP contribution in [-0.2, 0) is 20.9 Å². The summed E-state index contributed by atoms with van der Waals surface area (Å²) in [5.41, 5.74) is 3.15. The lowest BCUT2D eigenvalue weighted by molar-refractivity contribution is -0.143. The molecular formula is C21H23NO3. The average molecular weight is 337 g/mol. The van der Waals surface area contributed by atoms with E-state index >= 15 is 0 Å². The summed E-state index contributed by atoms with van der Waals surface area (Å²) in [6.45, 7) is 4.38. The smallest absolute Gasteiger partial charge is 0.331 e. The van der Waals surface area contributed by atoms with Gasteiger partial charge in [0.25, 0.3) is 5.91 Å². The van der Waals surface area contributed by atoms with Gasteiger partial charge >= 0.3 is 5.97 Å². The van der Waals surface area contributed by atoms with Crippen molar-refractivity contribution in [3.8, 4) is 0 Å². The zero-order chi connectivity index (χ0) is 18.1. The average Bonchev–Trinajstić information content (AvgIpc) is 2.64. The molecule has 0 fully saturated rings. The van der Waals surface area contributed by atoms with Gasteiger partial charge in [-0.2, -0.15) is 0 Å². The van der Waals surface area contributed by atoms with Crippen molar-refractivity contribution in [2.75, 3.05) is 6.61 Å². The fourth-order valence-electron chi connectivity index (χ4n) is 2.19. The van der Waals surface area contributed by atoms with Crippen LogP contribution in [0.5, 0.6) is 0 Å². The Hall–Kier alpha value is -2.88. The van der Waals surface area contributed by atoms with Crippen LogP contribution in [0.2, 0.25) is 0 Å². The second kappa shape index (κ2) is 9.42. The minimum Gasteiger partial charge on any atom is -0.452 e. The maximum atomic E-state index is 11.7. The molecule has 25 heavy (non-hydrogen) atoms. The summed E-state index contributed by atoms with van der Waals surface area (Å²) in [4.78, 5) is 23.4. The molecule has 1 amide bonds. The SMILES string of the molecule is CC(C)c1ccc(/C=C/C(=O)OCC(=O)NCc2ccccc2)cc1. The van der Waals surface area contributed by atoms with Gasteiger partial charge < -0.3 is 10.1 Å². The quantitative estimate of drug-likeness (QED) is 0.619. The minimum atomic E-state index is -0.539. The van der Waals surface area contributed by atoms with Gasteiger partial charge in [-0.25, -0.2) is 4.79 Å². The van der Waals surface area contributed by atoms with Gasteiger partial charge in [-0.3, -0.25) is 4.79 Å². The first kappa shape index (κ1) is 18.5. The maximum Gasteiger partial charge on any atom is 0.331 e. The first-order chi connectivity index (χ1) is 12.0. The van der Waals surface area contributed by atoms with Crippen LogP contribution in [0, 0.1) is 0 Å². The normalized spacial score (nSPS) is 10.8. The summed E-state index contributed by atoms with van der Waals surface area (Å²) in [6.07, 6.45) is 3.00. The number of nitrogens with one attached hydrogen (secondary N) is 1. The molecule has 130 valence electrons. The van der Waals surface area contributed by atoms with Gasteiger partial charge in [0.05, 0.1) is 0 Å². The number of hydrogen-bond donors (Lipinski definition) is 1. The zero-order valence-corrected chi connectivity index (χ0v) is 14.6. The molecule has 2 rings (SSSR count). The van der Waals surface area contributed by atoms with Crippen LogP contribution in [-0.4, -0.2) is 18.5 Å². The largest absolute Gasteiger partial charge is 0.452 e. The lowest BCUT2D eigenvalue weighted by Crippen LogP contribution is -2.28. The van der Waals surface area contributed by atoms with Gasteiger partial charge in [0, 0.05) is 12.6 Å². The highest BCUT2D eigenvalue weighted by Crippen LogP contribution is 2.15. The molecule has 1 N–H and O–H groups in total. The molecule has 0 saturated heterocycles. The molecule has 0 saturated carbocycles. The van der Waals surface area contributed by atoms with E-state index in [1.54, 1.807) is 6.08 Å². The highest BCUT2D eigenvalue weighted by molar-refractivity contribution is 5.89. The van der Waals surface area contributed by atoms with Crippen molar-refractivity contribution in [1.82, 2.24) is 5.32 Å². The number of carbonyl (C=O) groups excluding carboxylic acids is 2. The summed E-state index contributed by atoms with van der Waals surface area (Å²) < 4.78 is 4.94. The number of rotatable bonds is 7. The Morgan fingerprint density at radius 3 is 2.36 bits per heavy atom. The number of esters is 1. The van der Waals surface area contributed by atoms with Gasteiger partial charge in [-0.05, 0) is 28.7 Å². The summed E-state index contributed by atoms with van der Waals surface area (Å²) >= 11 is 0. The molecular weight excluding hydrogens is 314 g/mol. The van der Waals surface area contributed by atoms with Crippen molar-refractivity contribution < 1.29 is 14.3 Å². The Morgan fingerprint density at radius 1 is 1.04 bits per heavy atom. The second-order valence-electron chi connectivity index (χ2n) is 6.02. The molecule has 2 aromatic carbocycles. The lowest BCUT2D eigenvalue weighted by Gasteiger charge is -2.06. The highest BCUT2D eigenvalue weighted by Gasteiger charge is 2.05. The van der Waals surface area contributed by atoms with Crippen molar-refractivity contribution in [2.24, 2.45) is 0 Å². The molecule has 0 aliphatic rings. The van der Waals surface area contributed by atoms with Crippen LogP contribution in [0.15, 0.2) is 60.7 Å². The predicted octanol–water partition coefficient (Wildman–Crippen LogP) is 3.68. The van der Waals surface area contributed by atoms with Crippen LogP contribution in [0.4, 0.5) is 0 Å². The molecule has 0 aliphatic carbocycles. The molecule has 4 heteroatoms. The van der Waals surface area contributed by atoms with Crippen molar-refractivity contribution >= 4 is 18.0 Å². The molecule has 4 nitrogen and oxygen atoms in total. The molecule has 2 aromatic rings. The maximum absolute atomic E-state index is 11.7. The van der Waals surface area contributed by atoms with Crippen molar-refractivity contribution in [3.63, 3.8) is 0 Å². The van der Waals surface area contributed by atoms with E-state index < -0.39 is 5.97 Å². The van der Waals surface area contributed by atoms with Gasteiger partial charge in [0.2, 0.25) is 0 Å². The first-order valence-corrected chi connectivity index (χ1v) is 8.30. The zero-order valence-electron chi connectivity index (χ0n) is 14.6. The number of amides is 1. The third-order valence-corrected chi connectivity index (χ3v) is 3.69. The van der Waals surface area contributed by atoms with Crippen molar-refractivity contribution in [1.29, 1.82) is 0 Å². The van der Waals surface area contributed by atoms with Gasteiger partial charge in [0.15, 0.2) is 6.61 Å². The predicted molar refractivity (Wildman–Crippen MR) is 98.8 cm³/mol. The number of ether oxygens (including phenoxy) is 1.